The van der Waals surface area contributed by atoms with Crippen molar-refractivity contribution in [3.05, 3.63) is 60.4 Å². The lowest BCUT2D eigenvalue weighted by molar-refractivity contribution is -0.120. The molecule has 2 heterocycles. The monoisotopic (exact) mass is 325 g/mol. The third kappa shape index (κ3) is 3.79. The van der Waals surface area contributed by atoms with Crippen LogP contribution in [-0.2, 0) is 17.6 Å². The second kappa shape index (κ2) is 7.24. The Labute approximate surface area is 138 Å². The van der Waals surface area contributed by atoms with Crippen LogP contribution in [0.25, 0.3) is 11.0 Å². The topological polar surface area (TPSA) is 108 Å². The molecule has 1 amide bonds. The molecule has 1 atom stereocenters. The van der Waals surface area contributed by atoms with Crippen molar-refractivity contribution in [2.24, 2.45) is 0 Å². The molecule has 0 bridgehead atoms. The fraction of sp³-hybridized carbons (Fsp3) is 0.188. The van der Waals surface area contributed by atoms with Crippen LogP contribution in [0.2, 0.25) is 0 Å². The summed E-state index contributed by atoms with van der Waals surface area (Å²) in [5.41, 5.74) is 1.50. The molecule has 0 fully saturated rings. The molecule has 24 heavy (non-hydrogen) atoms. The number of nitrogens with zero attached hydrogens (tertiary/aromatic N) is 2. The van der Waals surface area contributed by atoms with Gasteiger partial charge in [-0.25, -0.2) is 9.97 Å². The molecule has 2 aromatic heterocycles. The zero-order chi connectivity index (χ0) is 16.9. The van der Waals surface area contributed by atoms with Crippen molar-refractivity contribution >= 4 is 24.0 Å². The third-order valence-corrected chi connectivity index (χ3v) is 3.65. The maximum Gasteiger partial charge on any atom is 0.475 e. The van der Waals surface area contributed by atoms with Gasteiger partial charge in [0.1, 0.15) is 11.4 Å². The first-order chi connectivity index (χ1) is 11.6. The quantitative estimate of drug-likeness (QED) is 0.570. The molecule has 0 radical (unpaired) electrons. The average molecular weight is 325 g/mol. The first-order valence-electron chi connectivity index (χ1n) is 7.50. The molecule has 3 aromatic rings. The Morgan fingerprint density at radius 3 is 2.71 bits per heavy atom. The molecule has 8 heteroatoms. The number of carbonyl (C=O) groups excluding carboxylic acids is 1. The Bertz CT molecular complexity index is 822. The van der Waals surface area contributed by atoms with Gasteiger partial charge < -0.3 is 19.8 Å². The van der Waals surface area contributed by atoms with Crippen LogP contribution >= 0.6 is 0 Å². The van der Waals surface area contributed by atoms with E-state index in [0.717, 1.165) is 10.9 Å². The molecular weight excluding hydrogens is 309 g/mol. The van der Waals surface area contributed by atoms with E-state index in [4.69, 9.17) is 4.42 Å². The fourth-order valence-electron chi connectivity index (χ4n) is 2.48. The molecule has 3 rings (SSSR count). The number of amides is 1. The standard InChI is InChI=1S/C16H16BN3O4/c21-16(9-15-18-6-3-7-19-15)20-14(17(22)23)8-11-10-24-13-5-2-1-4-12(11)13/h1-7,10,14,22-23H,8-9H2,(H,20,21)/t14-/m0/s1. The van der Waals surface area contributed by atoms with E-state index in [1.165, 1.54) is 0 Å². The highest BCUT2D eigenvalue weighted by Gasteiger charge is 2.27. The number of benzene rings is 1. The zero-order valence-electron chi connectivity index (χ0n) is 12.8. The van der Waals surface area contributed by atoms with E-state index < -0.39 is 13.1 Å². The van der Waals surface area contributed by atoms with Gasteiger partial charge in [-0.3, -0.25) is 4.79 Å². The van der Waals surface area contributed by atoms with E-state index in [0.29, 0.717) is 11.4 Å². The predicted octanol–water partition coefficient (Wildman–Crippen LogP) is 0.505. The summed E-state index contributed by atoms with van der Waals surface area (Å²) in [6, 6.07) is 9.10. The van der Waals surface area contributed by atoms with Crippen molar-refractivity contribution in [3.63, 3.8) is 0 Å². The predicted molar refractivity (Wildman–Crippen MR) is 87.8 cm³/mol. The molecule has 0 saturated carbocycles. The highest BCUT2D eigenvalue weighted by Crippen LogP contribution is 2.22. The summed E-state index contributed by atoms with van der Waals surface area (Å²) in [4.78, 5) is 20.0. The number of hydrogen-bond donors (Lipinski definition) is 3. The van der Waals surface area contributed by atoms with Crippen LogP contribution in [-0.4, -0.2) is 39.0 Å². The summed E-state index contributed by atoms with van der Waals surface area (Å²) >= 11 is 0. The van der Waals surface area contributed by atoms with Crippen molar-refractivity contribution in [1.29, 1.82) is 0 Å². The molecule has 3 N–H and O–H groups in total. The highest BCUT2D eigenvalue weighted by molar-refractivity contribution is 6.43. The van der Waals surface area contributed by atoms with Gasteiger partial charge in [0.05, 0.1) is 18.6 Å². The minimum Gasteiger partial charge on any atom is -0.464 e. The Morgan fingerprint density at radius 1 is 1.21 bits per heavy atom. The number of hydrogen-bond acceptors (Lipinski definition) is 6. The van der Waals surface area contributed by atoms with Gasteiger partial charge in [0, 0.05) is 17.8 Å². The molecule has 7 nitrogen and oxygen atoms in total. The number of furan rings is 1. The summed E-state index contributed by atoms with van der Waals surface area (Å²) in [6.45, 7) is 0. The first kappa shape index (κ1) is 16.2. The van der Waals surface area contributed by atoms with Gasteiger partial charge >= 0.3 is 7.12 Å². The van der Waals surface area contributed by atoms with Gasteiger partial charge in [-0.05, 0) is 24.1 Å². The molecular formula is C16H16BN3O4. The average Bonchev–Trinajstić information content (AvgIpc) is 2.98. The molecule has 0 unspecified atom stereocenters. The van der Waals surface area contributed by atoms with Crippen LogP contribution in [0.1, 0.15) is 11.4 Å². The van der Waals surface area contributed by atoms with Crippen molar-refractivity contribution in [1.82, 2.24) is 15.3 Å². The molecule has 0 spiro atoms. The number of para-hydroxylation sites is 1. The van der Waals surface area contributed by atoms with Crippen LogP contribution in [0.15, 0.2) is 53.4 Å². The summed E-state index contributed by atoms with van der Waals surface area (Å²) in [5.74, 6) is -0.871. The zero-order valence-corrected chi connectivity index (χ0v) is 12.8. The minimum absolute atomic E-state index is 0.0316. The van der Waals surface area contributed by atoms with Crippen molar-refractivity contribution < 1.29 is 19.3 Å². The minimum atomic E-state index is -1.70. The number of fused-ring (bicyclic) bond motifs is 1. The van der Waals surface area contributed by atoms with Crippen molar-refractivity contribution in [3.8, 4) is 0 Å². The summed E-state index contributed by atoms with van der Waals surface area (Å²) < 4.78 is 5.43. The van der Waals surface area contributed by atoms with Gasteiger partial charge in [0.2, 0.25) is 5.91 Å². The second-order valence-electron chi connectivity index (χ2n) is 5.39. The van der Waals surface area contributed by atoms with E-state index in [1.807, 2.05) is 24.3 Å². The van der Waals surface area contributed by atoms with Gasteiger partial charge in [-0.1, -0.05) is 18.2 Å². The molecule has 1 aromatic carbocycles. The van der Waals surface area contributed by atoms with E-state index in [2.05, 4.69) is 15.3 Å². The number of carbonyl (C=O) groups is 1. The summed E-state index contributed by atoms with van der Waals surface area (Å²) in [5, 5.41) is 22.6. The normalized spacial score (nSPS) is 12.1. The first-order valence-corrected chi connectivity index (χ1v) is 7.50. The third-order valence-electron chi connectivity index (χ3n) is 3.65. The molecule has 0 aliphatic rings. The van der Waals surface area contributed by atoms with E-state index in [1.54, 1.807) is 24.7 Å². The molecule has 0 saturated heterocycles. The van der Waals surface area contributed by atoms with Crippen molar-refractivity contribution in [2.75, 3.05) is 0 Å². The largest absolute Gasteiger partial charge is 0.475 e. The lowest BCUT2D eigenvalue weighted by Gasteiger charge is -2.17. The van der Waals surface area contributed by atoms with E-state index in [9.17, 15) is 14.8 Å². The molecule has 122 valence electrons. The Balaban J connectivity index is 1.70. The second-order valence-corrected chi connectivity index (χ2v) is 5.39. The van der Waals surface area contributed by atoms with E-state index >= 15 is 0 Å². The maximum absolute atomic E-state index is 12.1. The summed E-state index contributed by atoms with van der Waals surface area (Å²) in [6.07, 6.45) is 4.86. The lowest BCUT2D eigenvalue weighted by Crippen LogP contribution is -2.48. The van der Waals surface area contributed by atoms with E-state index in [-0.39, 0.29) is 18.7 Å². The number of nitrogens with one attached hydrogen (secondary N) is 1. The Kier molecular flexibility index (Phi) is 4.88. The van der Waals surface area contributed by atoms with Crippen LogP contribution in [0.5, 0.6) is 0 Å². The summed E-state index contributed by atoms with van der Waals surface area (Å²) in [7, 11) is -1.70. The number of aromatic nitrogens is 2. The lowest BCUT2D eigenvalue weighted by atomic mass is 9.76. The van der Waals surface area contributed by atoms with Crippen LogP contribution in [0.4, 0.5) is 0 Å². The van der Waals surface area contributed by atoms with Crippen LogP contribution in [0.3, 0.4) is 0 Å². The van der Waals surface area contributed by atoms with Gasteiger partial charge in [-0.2, -0.15) is 0 Å². The SMILES string of the molecule is O=C(Cc1ncccn1)N[C@@H](Cc1coc2ccccc12)B(O)O. The van der Waals surface area contributed by atoms with Crippen molar-refractivity contribution in [2.45, 2.75) is 18.8 Å². The smallest absolute Gasteiger partial charge is 0.464 e. The highest BCUT2D eigenvalue weighted by atomic mass is 16.4. The maximum atomic E-state index is 12.1. The molecule has 0 aliphatic carbocycles. The Morgan fingerprint density at radius 2 is 1.96 bits per heavy atom. The van der Waals surface area contributed by atoms with Gasteiger partial charge in [-0.15, -0.1) is 0 Å². The Hall–Kier alpha value is -2.71. The van der Waals surface area contributed by atoms with Gasteiger partial charge in [0.25, 0.3) is 0 Å². The fourth-order valence-corrected chi connectivity index (χ4v) is 2.48. The van der Waals surface area contributed by atoms with Gasteiger partial charge in [0.15, 0.2) is 0 Å². The van der Waals surface area contributed by atoms with Crippen LogP contribution < -0.4 is 5.32 Å². The van der Waals surface area contributed by atoms with Crippen LogP contribution in [0, 0.1) is 0 Å². The molecule has 0 aliphatic heterocycles. The number of rotatable bonds is 6.